The van der Waals surface area contributed by atoms with Crippen LogP contribution in [-0.4, -0.2) is 23.1 Å². The molecule has 1 heterocycles. The zero-order valence-electron chi connectivity index (χ0n) is 10.9. The monoisotopic (exact) mass is 301 g/mol. The minimum Gasteiger partial charge on any atom is -0.383 e. The van der Waals surface area contributed by atoms with Gasteiger partial charge in [0, 0.05) is 13.1 Å². The number of anilines is 3. The molecule has 1 aromatic heterocycles. The van der Waals surface area contributed by atoms with Crippen molar-refractivity contribution in [2.24, 2.45) is 0 Å². The number of hydrogen-bond acceptors (Lipinski definition) is 5. The standard InChI is InChI=1S/C12H16ClN5.ClH/c1-3-18(4-2)8-6-5-7-9(10(8)13)11(14)17-12(15)16-7;/h5-6H,3-4H2,1-2H3,(H4,14,15,16,17);1H. The largest absolute Gasteiger partial charge is 0.383 e. The fraction of sp³-hybridized carbons (Fsp3) is 0.333. The lowest BCUT2D eigenvalue weighted by Crippen LogP contribution is -2.22. The molecular formula is C12H17Cl2N5. The minimum absolute atomic E-state index is 0. The number of benzene rings is 1. The summed E-state index contributed by atoms with van der Waals surface area (Å²) in [5.41, 5.74) is 13.1. The molecule has 0 aliphatic carbocycles. The van der Waals surface area contributed by atoms with Gasteiger partial charge >= 0.3 is 0 Å². The molecule has 4 N–H and O–H groups in total. The van der Waals surface area contributed by atoms with Crippen molar-refractivity contribution in [1.82, 2.24) is 9.97 Å². The summed E-state index contributed by atoms with van der Waals surface area (Å²) >= 11 is 6.41. The van der Waals surface area contributed by atoms with Crippen LogP contribution in [0.25, 0.3) is 10.9 Å². The van der Waals surface area contributed by atoms with Crippen molar-refractivity contribution < 1.29 is 0 Å². The van der Waals surface area contributed by atoms with E-state index in [0.717, 1.165) is 18.8 Å². The van der Waals surface area contributed by atoms with E-state index in [4.69, 9.17) is 23.1 Å². The summed E-state index contributed by atoms with van der Waals surface area (Å²) in [5, 5.41) is 1.24. The average Bonchev–Trinajstić information content (AvgIpc) is 2.32. The molecule has 7 heteroatoms. The third kappa shape index (κ3) is 2.77. The van der Waals surface area contributed by atoms with Crippen LogP contribution in [0, 0.1) is 0 Å². The van der Waals surface area contributed by atoms with Crippen LogP contribution in [0.15, 0.2) is 12.1 Å². The Morgan fingerprint density at radius 3 is 2.37 bits per heavy atom. The van der Waals surface area contributed by atoms with Crippen LogP contribution in [0.2, 0.25) is 5.02 Å². The smallest absolute Gasteiger partial charge is 0.222 e. The summed E-state index contributed by atoms with van der Waals surface area (Å²) in [4.78, 5) is 10.2. The second-order valence-corrected chi connectivity index (χ2v) is 4.31. The van der Waals surface area contributed by atoms with Gasteiger partial charge in [-0.2, -0.15) is 4.98 Å². The molecule has 0 aliphatic rings. The van der Waals surface area contributed by atoms with Gasteiger partial charge in [-0.25, -0.2) is 4.98 Å². The van der Waals surface area contributed by atoms with Crippen LogP contribution in [-0.2, 0) is 0 Å². The Hall–Kier alpha value is -1.46. The highest BCUT2D eigenvalue weighted by Crippen LogP contribution is 2.35. The Balaban J connectivity index is 0.00000180. The molecule has 0 radical (unpaired) electrons. The number of nitrogen functional groups attached to an aromatic ring is 2. The quantitative estimate of drug-likeness (QED) is 0.911. The molecule has 0 fully saturated rings. The summed E-state index contributed by atoms with van der Waals surface area (Å²) < 4.78 is 0. The first-order chi connectivity index (χ1) is 8.58. The van der Waals surface area contributed by atoms with Crippen LogP contribution in [0.4, 0.5) is 17.5 Å². The van der Waals surface area contributed by atoms with Gasteiger partial charge in [0.15, 0.2) is 0 Å². The van der Waals surface area contributed by atoms with Gasteiger partial charge in [-0.1, -0.05) is 11.6 Å². The van der Waals surface area contributed by atoms with Crippen LogP contribution in [0.1, 0.15) is 13.8 Å². The van der Waals surface area contributed by atoms with Gasteiger partial charge in [0.25, 0.3) is 0 Å². The van der Waals surface area contributed by atoms with Gasteiger partial charge in [0.1, 0.15) is 5.82 Å². The molecule has 0 saturated carbocycles. The molecule has 104 valence electrons. The zero-order chi connectivity index (χ0) is 13.3. The molecule has 2 rings (SSSR count). The van der Waals surface area contributed by atoms with Crippen LogP contribution in [0.5, 0.6) is 0 Å². The van der Waals surface area contributed by atoms with Crippen molar-refractivity contribution in [3.8, 4) is 0 Å². The van der Waals surface area contributed by atoms with Crippen molar-refractivity contribution in [2.45, 2.75) is 13.8 Å². The Morgan fingerprint density at radius 1 is 1.16 bits per heavy atom. The fourth-order valence-corrected chi connectivity index (χ4v) is 2.40. The lowest BCUT2D eigenvalue weighted by Gasteiger charge is -2.23. The molecule has 1 aromatic carbocycles. The first kappa shape index (κ1) is 15.6. The third-order valence-electron chi connectivity index (χ3n) is 2.93. The predicted molar refractivity (Wildman–Crippen MR) is 84.2 cm³/mol. The number of halogens is 2. The number of nitrogens with zero attached hydrogens (tertiary/aromatic N) is 3. The summed E-state index contributed by atoms with van der Waals surface area (Å²) in [6, 6.07) is 3.80. The minimum atomic E-state index is 0. The van der Waals surface area contributed by atoms with Gasteiger partial charge < -0.3 is 16.4 Å². The van der Waals surface area contributed by atoms with E-state index in [9.17, 15) is 0 Å². The van der Waals surface area contributed by atoms with Crippen LogP contribution < -0.4 is 16.4 Å². The summed E-state index contributed by atoms with van der Waals surface area (Å²) in [6.07, 6.45) is 0. The number of nitrogens with two attached hydrogens (primary N) is 2. The van der Waals surface area contributed by atoms with Gasteiger partial charge in [-0.3, -0.25) is 0 Å². The molecule has 2 aromatic rings. The van der Waals surface area contributed by atoms with Gasteiger partial charge in [0.05, 0.1) is 21.6 Å². The van der Waals surface area contributed by atoms with Crippen molar-refractivity contribution in [2.75, 3.05) is 29.5 Å². The van der Waals surface area contributed by atoms with E-state index in [1.54, 1.807) is 0 Å². The van der Waals surface area contributed by atoms with E-state index in [1.165, 1.54) is 0 Å². The Labute approximate surface area is 123 Å². The maximum absolute atomic E-state index is 6.41. The number of rotatable bonds is 3. The van der Waals surface area contributed by atoms with Crippen molar-refractivity contribution >= 4 is 52.4 Å². The molecule has 0 bridgehead atoms. The Bertz CT molecular complexity index is 584. The van der Waals surface area contributed by atoms with E-state index in [2.05, 4.69) is 28.7 Å². The zero-order valence-corrected chi connectivity index (χ0v) is 12.4. The third-order valence-corrected chi connectivity index (χ3v) is 3.31. The Morgan fingerprint density at radius 2 is 1.79 bits per heavy atom. The molecule has 0 unspecified atom stereocenters. The fourth-order valence-electron chi connectivity index (χ4n) is 2.03. The lowest BCUT2D eigenvalue weighted by atomic mass is 10.2. The molecule has 5 nitrogen and oxygen atoms in total. The van der Waals surface area contributed by atoms with Gasteiger partial charge in [-0.05, 0) is 26.0 Å². The molecule has 0 amide bonds. The second kappa shape index (κ2) is 6.12. The highest BCUT2D eigenvalue weighted by molar-refractivity contribution is 6.39. The van der Waals surface area contributed by atoms with Crippen molar-refractivity contribution in [3.05, 3.63) is 17.2 Å². The van der Waals surface area contributed by atoms with E-state index in [1.807, 2.05) is 12.1 Å². The average molecular weight is 302 g/mol. The molecule has 0 saturated heterocycles. The van der Waals surface area contributed by atoms with Crippen LogP contribution >= 0.6 is 24.0 Å². The summed E-state index contributed by atoms with van der Waals surface area (Å²) in [6.45, 7) is 5.90. The van der Waals surface area contributed by atoms with Gasteiger partial charge in [-0.15, -0.1) is 12.4 Å². The first-order valence-corrected chi connectivity index (χ1v) is 6.22. The molecule has 0 atom stereocenters. The molecule has 0 aliphatic heterocycles. The maximum Gasteiger partial charge on any atom is 0.222 e. The normalized spacial score (nSPS) is 10.3. The molecule has 0 spiro atoms. The molecule has 19 heavy (non-hydrogen) atoms. The van der Waals surface area contributed by atoms with E-state index < -0.39 is 0 Å². The van der Waals surface area contributed by atoms with Gasteiger partial charge in [0.2, 0.25) is 5.95 Å². The predicted octanol–water partition coefficient (Wildman–Crippen LogP) is 2.72. The lowest BCUT2D eigenvalue weighted by molar-refractivity contribution is 0.867. The number of hydrogen-bond donors (Lipinski definition) is 2. The van der Waals surface area contributed by atoms with E-state index in [-0.39, 0.29) is 18.4 Å². The van der Waals surface area contributed by atoms with E-state index in [0.29, 0.717) is 21.7 Å². The first-order valence-electron chi connectivity index (χ1n) is 5.84. The highest BCUT2D eigenvalue weighted by atomic mass is 35.5. The molecular weight excluding hydrogens is 285 g/mol. The highest BCUT2D eigenvalue weighted by Gasteiger charge is 2.14. The maximum atomic E-state index is 6.41. The summed E-state index contributed by atoms with van der Waals surface area (Å²) in [5.74, 6) is 0.475. The number of aromatic nitrogens is 2. The van der Waals surface area contributed by atoms with Crippen LogP contribution in [0.3, 0.4) is 0 Å². The van der Waals surface area contributed by atoms with E-state index >= 15 is 0 Å². The SMILES string of the molecule is CCN(CC)c1ccc2nc(N)nc(N)c2c1Cl.Cl. The second-order valence-electron chi connectivity index (χ2n) is 3.93. The van der Waals surface area contributed by atoms with Crippen molar-refractivity contribution in [1.29, 1.82) is 0 Å². The topological polar surface area (TPSA) is 81.1 Å². The number of fused-ring (bicyclic) bond motifs is 1. The van der Waals surface area contributed by atoms with Crippen molar-refractivity contribution in [3.63, 3.8) is 0 Å². The Kier molecular flexibility index (Phi) is 5.03. The summed E-state index contributed by atoms with van der Waals surface area (Å²) in [7, 11) is 0.